The molecule has 5 heteroatoms. The zero-order valence-corrected chi connectivity index (χ0v) is 8.43. The van der Waals surface area contributed by atoms with E-state index in [1.807, 2.05) is 25.5 Å². The van der Waals surface area contributed by atoms with Crippen molar-refractivity contribution in [1.82, 2.24) is 14.8 Å². The minimum absolute atomic E-state index is 0.201. The molecule has 0 bridgehead atoms. The lowest BCUT2D eigenvalue weighted by Gasteiger charge is -2.03. The second-order valence-electron chi connectivity index (χ2n) is 2.88. The number of nitrogens with zero attached hydrogens (tertiary/aromatic N) is 3. The molecule has 1 atom stereocenters. The van der Waals surface area contributed by atoms with Crippen molar-refractivity contribution in [3.05, 3.63) is 5.82 Å². The maximum atomic E-state index is 5.62. The maximum Gasteiger partial charge on any atom is 0.190 e. The van der Waals surface area contributed by atoms with Crippen molar-refractivity contribution in [3.8, 4) is 0 Å². The summed E-state index contributed by atoms with van der Waals surface area (Å²) in [7, 11) is 1.96. The molecule has 0 saturated heterocycles. The van der Waals surface area contributed by atoms with Gasteiger partial charge in [0.15, 0.2) is 5.16 Å². The van der Waals surface area contributed by atoms with Gasteiger partial charge in [0.05, 0.1) is 0 Å². The van der Waals surface area contributed by atoms with Gasteiger partial charge in [-0.3, -0.25) is 0 Å². The molecule has 0 fully saturated rings. The van der Waals surface area contributed by atoms with Gasteiger partial charge in [-0.2, -0.15) is 0 Å². The second kappa shape index (κ2) is 3.91. The molecule has 1 aromatic rings. The Labute approximate surface area is 76.5 Å². The molecule has 0 aliphatic heterocycles. The van der Waals surface area contributed by atoms with E-state index in [2.05, 4.69) is 10.2 Å². The minimum atomic E-state index is 0.201. The standard InChI is InChI=1S/C7H14N4S/c1-5(8)4-12-7-10-9-6(2)11(7)3/h5H,4,8H2,1-3H3/t5-/m1/s1. The molecule has 0 radical (unpaired) electrons. The summed E-state index contributed by atoms with van der Waals surface area (Å²) >= 11 is 1.64. The zero-order chi connectivity index (χ0) is 9.14. The molecule has 0 spiro atoms. The van der Waals surface area contributed by atoms with Crippen molar-refractivity contribution in [3.63, 3.8) is 0 Å². The third kappa shape index (κ3) is 2.22. The van der Waals surface area contributed by atoms with Gasteiger partial charge in [-0.1, -0.05) is 11.8 Å². The molecule has 1 heterocycles. The predicted molar refractivity (Wildman–Crippen MR) is 50.1 cm³/mol. The SMILES string of the molecule is Cc1nnc(SC[C@@H](C)N)n1C. The summed E-state index contributed by atoms with van der Waals surface area (Å²) in [6, 6.07) is 0.201. The van der Waals surface area contributed by atoms with Gasteiger partial charge in [0.1, 0.15) is 5.82 Å². The average molecular weight is 186 g/mol. The fraction of sp³-hybridized carbons (Fsp3) is 0.714. The Bertz CT molecular complexity index is 256. The van der Waals surface area contributed by atoms with Gasteiger partial charge in [0, 0.05) is 18.8 Å². The van der Waals surface area contributed by atoms with Gasteiger partial charge in [0.25, 0.3) is 0 Å². The van der Waals surface area contributed by atoms with Gasteiger partial charge in [-0.25, -0.2) is 0 Å². The highest BCUT2D eigenvalue weighted by atomic mass is 32.2. The van der Waals surface area contributed by atoms with Crippen LogP contribution in [-0.2, 0) is 7.05 Å². The predicted octanol–water partition coefficient (Wildman–Crippen LogP) is 0.563. The van der Waals surface area contributed by atoms with Crippen LogP contribution in [0.1, 0.15) is 12.7 Å². The molecule has 1 aromatic heterocycles. The van der Waals surface area contributed by atoms with E-state index in [0.717, 1.165) is 16.7 Å². The van der Waals surface area contributed by atoms with Crippen LogP contribution < -0.4 is 5.73 Å². The van der Waals surface area contributed by atoms with Crippen molar-refractivity contribution < 1.29 is 0 Å². The fourth-order valence-electron chi connectivity index (χ4n) is 0.719. The molecule has 1 rings (SSSR count). The highest BCUT2D eigenvalue weighted by molar-refractivity contribution is 7.99. The van der Waals surface area contributed by atoms with E-state index in [1.54, 1.807) is 11.8 Å². The molecule has 0 aliphatic rings. The number of rotatable bonds is 3. The summed E-state index contributed by atoms with van der Waals surface area (Å²) in [5.74, 6) is 1.81. The number of hydrogen-bond acceptors (Lipinski definition) is 4. The first kappa shape index (κ1) is 9.54. The van der Waals surface area contributed by atoms with Crippen LogP contribution in [0.4, 0.5) is 0 Å². The first-order chi connectivity index (χ1) is 5.61. The maximum absolute atomic E-state index is 5.62. The van der Waals surface area contributed by atoms with Gasteiger partial charge in [-0.05, 0) is 13.8 Å². The Morgan fingerprint density at radius 1 is 1.58 bits per heavy atom. The molecule has 0 amide bonds. The van der Waals surface area contributed by atoms with Crippen molar-refractivity contribution in [2.45, 2.75) is 25.0 Å². The van der Waals surface area contributed by atoms with Gasteiger partial charge in [-0.15, -0.1) is 10.2 Å². The second-order valence-corrected chi connectivity index (χ2v) is 3.86. The van der Waals surface area contributed by atoms with E-state index in [9.17, 15) is 0 Å². The van der Waals surface area contributed by atoms with Crippen LogP contribution in [-0.4, -0.2) is 26.6 Å². The van der Waals surface area contributed by atoms with Crippen LogP contribution in [0.2, 0.25) is 0 Å². The number of aromatic nitrogens is 3. The summed E-state index contributed by atoms with van der Waals surface area (Å²) in [6.07, 6.45) is 0. The van der Waals surface area contributed by atoms with Gasteiger partial charge < -0.3 is 10.3 Å². The Balaban J connectivity index is 2.58. The molecule has 0 aliphatic carbocycles. The molecule has 68 valence electrons. The normalized spacial score (nSPS) is 13.3. The first-order valence-electron chi connectivity index (χ1n) is 3.85. The highest BCUT2D eigenvalue weighted by Gasteiger charge is 2.05. The smallest absolute Gasteiger partial charge is 0.190 e. The lowest BCUT2D eigenvalue weighted by Crippen LogP contribution is -2.17. The summed E-state index contributed by atoms with van der Waals surface area (Å²) in [5, 5.41) is 8.89. The summed E-state index contributed by atoms with van der Waals surface area (Å²) in [5.41, 5.74) is 5.62. The largest absolute Gasteiger partial charge is 0.327 e. The Hall–Kier alpha value is -0.550. The Morgan fingerprint density at radius 3 is 2.67 bits per heavy atom. The minimum Gasteiger partial charge on any atom is -0.327 e. The van der Waals surface area contributed by atoms with Gasteiger partial charge >= 0.3 is 0 Å². The molecule has 4 nitrogen and oxygen atoms in total. The van der Waals surface area contributed by atoms with E-state index in [-0.39, 0.29) is 6.04 Å². The molecule has 12 heavy (non-hydrogen) atoms. The third-order valence-electron chi connectivity index (χ3n) is 1.53. The van der Waals surface area contributed by atoms with Crippen molar-refractivity contribution in [2.24, 2.45) is 12.8 Å². The van der Waals surface area contributed by atoms with E-state index in [0.29, 0.717) is 0 Å². The monoisotopic (exact) mass is 186 g/mol. The van der Waals surface area contributed by atoms with Crippen molar-refractivity contribution >= 4 is 11.8 Å². The molecule has 0 saturated carbocycles. The number of nitrogens with two attached hydrogens (primary N) is 1. The lowest BCUT2D eigenvalue weighted by molar-refractivity contribution is 0.760. The summed E-state index contributed by atoms with van der Waals surface area (Å²) in [4.78, 5) is 0. The Morgan fingerprint density at radius 2 is 2.25 bits per heavy atom. The van der Waals surface area contributed by atoms with E-state index in [4.69, 9.17) is 5.73 Å². The molecular weight excluding hydrogens is 172 g/mol. The van der Waals surface area contributed by atoms with Gasteiger partial charge in [0.2, 0.25) is 0 Å². The van der Waals surface area contributed by atoms with Crippen LogP contribution in [0, 0.1) is 6.92 Å². The van der Waals surface area contributed by atoms with Crippen LogP contribution >= 0.6 is 11.8 Å². The van der Waals surface area contributed by atoms with Crippen LogP contribution in [0.25, 0.3) is 0 Å². The number of hydrogen-bond donors (Lipinski definition) is 1. The summed E-state index contributed by atoms with van der Waals surface area (Å²) in [6.45, 7) is 3.92. The molecule has 2 N–H and O–H groups in total. The molecule has 0 aromatic carbocycles. The summed E-state index contributed by atoms with van der Waals surface area (Å²) < 4.78 is 1.97. The van der Waals surface area contributed by atoms with E-state index >= 15 is 0 Å². The van der Waals surface area contributed by atoms with Crippen molar-refractivity contribution in [2.75, 3.05) is 5.75 Å². The number of aryl methyl sites for hydroxylation is 1. The zero-order valence-electron chi connectivity index (χ0n) is 7.61. The third-order valence-corrected chi connectivity index (χ3v) is 2.83. The molecule has 0 unspecified atom stereocenters. The van der Waals surface area contributed by atoms with E-state index < -0.39 is 0 Å². The van der Waals surface area contributed by atoms with Crippen LogP contribution in [0.3, 0.4) is 0 Å². The van der Waals surface area contributed by atoms with Crippen LogP contribution in [0.5, 0.6) is 0 Å². The number of thioether (sulfide) groups is 1. The van der Waals surface area contributed by atoms with E-state index in [1.165, 1.54) is 0 Å². The average Bonchev–Trinajstić information content (AvgIpc) is 2.30. The topological polar surface area (TPSA) is 56.7 Å². The first-order valence-corrected chi connectivity index (χ1v) is 4.84. The quantitative estimate of drug-likeness (QED) is 0.701. The highest BCUT2D eigenvalue weighted by Crippen LogP contribution is 2.15. The Kier molecular flexibility index (Phi) is 3.11. The van der Waals surface area contributed by atoms with Crippen LogP contribution in [0.15, 0.2) is 5.16 Å². The molecular formula is C7H14N4S. The fourth-order valence-corrected chi connectivity index (χ4v) is 1.56. The lowest BCUT2D eigenvalue weighted by atomic mass is 10.4. The van der Waals surface area contributed by atoms with Crippen molar-refractivity contribution in [1.29, 1.82) is 0 Å².